The lowest BCUT2D eigenvalue weighted by atomic mass is 10.1. The molecule has 1 aliphatic rings. The van der Waals surface area contributed by atoms with Crippen LogP contribution >= 0.6 is 0 Å². The molecule has 1 atom stereocenters. The third kappa shape index (κ3) is 6.12. The first-order valence-corrected chi connectivity index (χ1v) is 9.03. The zero-order valence-electron chi connectivity index (χ0n) is 15.1. The van der Waals surface area contributed by atoms with Crippen LogP contribution in [0.3, 0.4) is 0 Å². The Hall–Kier alpha value is -1.96. The van der Waals surface area contributed by atoms with Crippen molar-refractivity contribution in [2.45, 2.75) is 26.3 Å². The van der Waals surface area contributed by atoms with E-state index in [-0.39, 0.29) is 12.3 Å². The van der Waals surface area contributed by atoms with Crippen LogP contribution in [0, 0.1) is 13.8 Å². The second-order valence-electron chi connectivity index (χ2n) is 6.82. The van der Waals surface area contributed by atoms with Crippen molar-refractivity contribution < 1.29 is 30.2 Å². The number of rotatable bonds is 8. The van der Waals surface area contributed by atoms with Crippen LogP contribution < -0.4 is 26.0 Å². The molecular weight excluding hydrogens is 320 g/mol. The molecule has 0 unspecified atom stereocenters. The highest BCUT2D eigenvalue weighted by molar-refractivity contribution is 5.94. The van der Waals surface area contributed by atoms with Crippen LogP contribution in [0.4, 0.5) is 5.69 Å². The van der Waals surface area contributed by atoms with Gasteiger partial charge >= 0.3 is 0 Å². The Morgan fingerprint density at radius 3 is 2.72 bits per heavy atom. The Balaban J connectivity index is 1.82. The average molecular weight is 350 g/mol. The van der Waals surface area contributed by atoms with Gasteiger partial charge in [0.1, 0.15) is 45.3 Å². The van der Waals surface area contributed by atoms with Gasteiger partial charge in [-0.15, -0.1) is 0 Å². The SMILES string of the molecule is Cc1cccc(NC(=O)C[C@@H]([NH2+]CC[NH+]2CC[NH2+]CC2)C(=O)[O-])c1C. The number of carbonyl (C=O) groups is 2. The number of piperazine rings is 1. The van der Waals surface area contributed by atoms with Crippen molar-refractivity contribution in [3.05, 3.63) is 29.3 Å². The Labute approximate surface area is 148 Å². The summed E-state index contributed by atoms with van der Waals surface area (Å²) in [6.45, 7) is 9.97. The maximum atomic E-state index is 12.2. The van der Waals surface area contributed by atoms with Crippen LogP contribution in [0.5, 0.6) is 0 Å². The zero-order valence-corrected chi connectivity index (χ0v) is 15.1. The lowest BCUT2D eigenvalue weighted by molar-refractivity contribution is -0.955. The van der Waals surface area contributed by atoms with E-state index >= 15 is 0 Å². The molecule has 0 saturated carbocycles. The summed E-state index contributed by atoms with van der Waals surface area (Å²) in [7, 11) is 0. The second-order valence-corrected chi connectivity index (χ2v) is 6.82. The van der Waals surface area contributed by atoms with Crippen LogP contribution in [0.2, 0.25) is 0 Å². The van der Waals surface area contributed by atoms with E-state index in [0.717, 1.165) is 49.5 Å². The van der Waals surface area contributed by atoms with Crippen LogP contribution in [0.1, 0.15) is 17.5 Å². The van der Waals surface area contributed by atoms with Gasteiger partial charge in [-0.2, -0.15) is 0 Å². The molecule has 0 aromatic heterocycles. The van der Waals surface area contributed by atoms with Crippen molar-refractivity contribution in [1.29, 1.82) is 0 Å². The normalized spacial score (nSPS) is 16.4. The molecule has 0 radical (unpaired) electrons. The van der Waals surface area contributed by atoms with E-state index in [1.807, 2.05) is 32.0 Å². The molecule has 1 saturated heterocycles. The number of hydrogen-bond acceptors (Lipinski definition) is 3. The molecule has 0 aliphatic carbocycles. The number of benzene rings is 1. The van der Waals surface area contributed by atoms with E-state index in [9.17, 15) is 14.7 Å². The molecule has 6 N–H and O–H groups in total. The third-order valence-electron chi connectivity index (χ3n) is 4.94. The van der Waals surface area contributed by atoms with E-state index in [0.29, 0.717) is 6.54 Å². The summed E-state index contributed by atoms with van der Waals surface area (Å²) in [5.41, 5.74) is 2.81. The summed E-state index contributed by atoms with van der Waals surface area (Å²) in [4.78, 5) is 25.1. The number of hydrogen-bond donors (Lipinski definition) is 4. The monoisotopic (exact) mass is 350 g/mol. The highest BCUT2D eigenvalue weighted by Gasteiger charge is 2.21. The lowest BCUT2D eigenvalue weighted by Gasteiger charge is -2.23. The van der Waals surface area contributed by atoms with Gasteiger partial charge in [0.25, 0.3) is 0 Å². The Bertz CT molecular complexity index is 600. The van der Waals surface area contributed by atoms with E-state index < -0.39 is 12.0 Å². The molecule has 25 heavy (non-hydrogen) atoms. The van der Waals surface area contributed by atoms with Crippen molar-refractivity contribution in [2.75, 3.05) is 44.6 Å². The van der Waals surface area contributed by atoms with Crippen LogP contribution in [-0.4, -0.2) is 57.2 Å². The number of amides is 1. The summed E-state index contributed by atoms with van der Waals surface area (Å²) in [6.07, 6.45) is -0.0845. The van der Waals surface area contributed by atoms with Crippen LogP contribution in [0.25, 0.3) is 0 Å². The van der Waals surface area contributed by atoms with Gasteiger partial charge < -0.3 is 30.8 Å². The first-order valence-electron chi connectivity index (χ1n) is 9.03. The maximum Gasteiger partial charge on any atom is 0.230 e. The highest BCUT2D eigenvalue weighted by atomic mass is 16.4. The maximum absolute atomic E-state index is 12.2. The Morgan fingerprint density at radius 1 is 1.32 bits per heavy atom. The molecule has 1 aliphatic heterocycles. The Morgan fingerprint density at radius 2 is 2.04 bits per heavy atom. The fraction of sp³-hybridized carbons (Fsp3) is 0.556. The minimum Gasteiger partial charge on any atom is -0.544 e. The summed E-state index contributed by atoms with van der Waals surface area (Å²) in [6, 6.07) is 4.83. The predicted octanol–water partition coefficient (Wildman–Crippen LogP) is -4.22. The molecule has 138 valence electrons. The third-order valence-corrected chi connectivity index (χ3v) is 4.94. The number of nitrogens with one attached hydrogen (secondary N) is 2. The number of carbonyl (C=O) groups excluding carboxylic acids is 2. The zero-order chi connectivity index (χ0) is 18.2. The van der Waals surface area contributed by atoms with Crippen molar-refractivity contribution >= 4 is 17.6 Å². The van der Waals surface area contributed by atoms with Gasteiger partial charge in [-0.1, -0.05) is 12.1 Å². The van der Waals surface area contributed by atoms with E-state index in [4.69, 9.17) is 0 Å². The summed E-state index contributed by atoms with van der Waals surface area (Å²) < 4.78 is 0. The minimum absolute atomic E-state index is 0.0845. The number of quaternary nitrogens is 3. The minimum atomic E-state index is -1.18. The Kier molecular flexibility index (Phi) is 7.36. The van der Waals surface area contributed by atoms with Gasteiger partial charge in [-0.05, 0) is 31.0 Å². The first kappa shape index (κ1) is 19.4. The molecule has 1 heterocycles. The van der Waals surface area contributed by atoms with Gasteiger partial charge in [0.05, 0.1) is 12.4 Å². The highest BCUT2D eigenvalue weighted by Crippen LogP contribution is 2.18. The van der Waals surface area contributed by atoms with Crippen molar-refractivity contribution in [3.63, 3.8) is 0 Å². The van der Waals surface area contributed by atoms with E-state index in [2.05, 4.69) is 10.6 Å². The van der Waals surface area contributed by atoms with Crippen molar-refractivity contribution in [3.8, 4) is 0 Å². The number of anilines is 1. The molecular formula is C18H30N4O3+2. The molecule has 1 aromatic carbocycles. The van der Waals surface area contributed by atoms with E-state index in [1.165, 1.54) is 4.90 Å². The summed E-state index contributed by atoms with van der Waals surface area (Å²) in [5.74, 6) is -1.47. The lowest BCUT2D eigenvalue weighted by Crippen LogP contribution is -3.22. The van der Waals surface area contributed by atoms with Crippen LogP contribution in [-0.2, 0) is 9.59 Å². The molecule has 1 aromatic rings. The average Bonchev–Trinajstić information content (AvgIpc) is 2.59. The fourth-order valence-corrected chi connectivity index (χ4v) is 3.17. The van der Waals surface area contributed by atoms with Gasteiger partial charge in [0.2, 0.25) is 5.91 Å². The number of carboxylic acids is 1. The van der Waals surface area contributed by atoms with Gasteiger partial charge in [0.15, 0.2) is 0 Å². The largest absolute Gasteiger partial charge is 0.544 e. The number of aliphatic carboxylic acids is 1. The first-order chi connectivity index (χ1) is 12.0. The molecule has 1 fully saturated rings. The summed E-state index contributed by atoms with van der Waals surface area (Å²) >= 11 is 0. The molecule has 1 amide bonds. The summed E-state index contributed by atoms with van der Waals surface area (Å²) in [5, 5.41) is 18.2. The van der Waals surface area contributed by atoms with Crippen molar-refractivity contribution in [1.82, 2.24) is 0 Å². The molecule has 0 bridgehead atoms. The predicted molar refractivity (Wildman–Crippen MR) is 92.0 cm³/mol. The fourth-order valence-electron chi connectivity index (χ4n) is 3.17. The van der Waals surface area contributed by atoms with Crippen molar-refractivity contribution in [2.24, 2.45) is 0 Å². The quantitative estimate of drug-likeness (QED) is 0.382. The number of aryl methyl sites for hydroxylation is 1. The van der Waals surface area contributed by atoms with E-state index in [1.54, 1.807) is 5.32 Å². The standard InChI is InChI=1S/C18H28N4O3/c1-13-4-3-5-15(14(13)2)21-17(23)12-16(18(24)25)20-8-11-22-9-6-19-7-10-22/h3-5,16,19-20H,6-12H2,1-2H3,(H,21,23)(H,24,25)/p+2/t16-/m1/s1. The van der Waals surface area contributed by atoms with Gasteiger partial charge in [-0.3, -0.25) is 4.79 Å². The smallest absolute Gasteiger partial charge is 0.230 e. The molecule has 7 heteroatoms. The second kappa shape index (κ2) is 9.50. The molecule has 7 nitrogen and oxygen atoms in total. The number of carboxylic acid groups (broad SMARTS) is 1. The number of nitrogens with two attached hydrogens (primary N) is 2. The molecule has 0 spiro atoms. The van der Waals surface area contributed by atoms with Gasteiger partial charge in [0, 0.05) is 5.69 Å². The van der Waals surface area contributed by atoms with Gasteiger partial charge in [-0.25, -0.2) is 0 Å². The van der Waals surface area contributed by atoms with Crippen LogP contribution in [0.15, 0.2) is 18.2 Å². The topological polar surface area (TPSA) is 107 Å². The molecule has 2 rings (SSSR count).